The molecule has 1 aromatic heterocycles. The topological polar surface area (TPSA) is 94.9 Å². The zero-order chi connectivity index (χ0) is 19.3. The van der Waals surface area contributed by atoms with Crippen LogP contribution < -0.4 is 10.1 Å². The Morgan fingerprint density at radius 1 is 1.44 bits per heavy atom. The highest BCUT2D eigenvalue weighted by Crippen LogP contribution is 2.24. The highest BCUT2D eigenvalue weighted by molar-refractivity contribution is 7.07. The molecule has 2 aromatic rings. The molecule has 146 valence electrons. The van der Waals surface area contributed by atoms with Crippen LogP contribution in [0.4, 0.5) is 4.39 Å². The maximum atomic E-state index is 12.1. The first-order valence-corrected chi connectivity index (χ1v) is 9.51. The lowest BCUT2D eigenvalue weighted by Crippen LogP contribution is -2.51. The lowest BCUT2D eigenvalue weighted by Gasteiger charge is -2.26. The van der Waals surface area contributed by atoms with Crippen LogP contribution in [0.2, 0.25) is 0 Å². The predicted octanol–water partition coefficient (Wildman–Crippen LogP) is 0.829. The van der Waals surface area contributed by atoms with Gasteiger partial charge in [0, 0.05) is 25.0 Å². The van der Waals surface area contributed by atoms with Gasteiger partial charge in [0.05, 0.1) is 18.2 Å². The van der Waals surface area contributed by atoms with Crippen LogP contribution in [0.25, 0.3) is 0 Å². The minimum Gasteiger partial charge on any atom is -0.491 e. The largest absolute Gasteiger partial charge is 0.491 e. The van der Waals surface area contributed by atoms with E-state index in [1.54, 1.807) is 23.0 Å². The van der Waals surface area contributed by atoms with E-state index in [0.29, 0.717) is 24.5 Å². The van der Waals surface area contributed by atoms with E-state index in [9.17, 15) is 19.4 Å². The number of carbonyl (C=O) groups is 1. The molecule has 1 fully saturated rings. The number of β-amino-alcohol motifs (C(OH)–C–C–N with tert-alkyl or cyclic N) is 2. The molecular weight excluding hydrogens is 373 g/mol. The number of ether oxygens (including phenoxy) is 1. The lowest BCUT2D eigenvalue weighted by atomic mass is 10.0. The average Bonchev–Trinajstić information content (AvgIpc) is 3.28. The number of rotatable bonds is 8. The van der Waals surface area contributed by atoms with Crippen molar-refractivity contribution in [2.45, 2.75) is 18.2 Å². The maximum Gasteiger partial charge on any atom is 0.270 e. The molecule has 0 spiro atoms. The third-order valence-corrected chi connectivity index (χ3v) is 5.03. The van der Waals surface area contributed by atoms with Crippen LogP contribution in [0.3, 0.4) is 0 Å². The number of thiazole rings is 1. The number of amides is 1. The molecule has 1 aliphatic rings. The Bertz CT molecular complexity index is 744. The zero-order valence-corrected chi connectivity index (χ0v) is 15.5. The number of aliphatic hydroxyl groups excluding tert-OH is 1. The van der Waals surface area contributed by atoms with Gasteiger partial charge >= 0.3 is 0 Å². The minimum atomic E-state index is -1.42. The molecule has 3 rings (SSSR count). The SMILES string of the molecule is O=C(NC[C@]1(O)CN(Cc2ccc(OCCF)cc2)C[C@H]1O)c1cscn1. The number of benzene rings is 1. The molecule has 1 amide bonds. The van der Waals surface area contributed by atoms with Crippen molar-refractivity contribution in [2.75, 3.05) is 32.9 Å². The number of nitrogens with one attached hydrogen (secondary N) is 1. The normalized spacial score (nSPS) is 22.7. The molecule has 1 saturated heterocycles. The summed E-state index contributed by atoms with van der Waals surface area (Å²) in [6.45, 7) is 0.483. The van der Waals surface area contributed by atoms with Gasteiger partial charge in [-0.3, -0.25) is 9.69 Å². The van der Waals surface area contributed by atoms with Crippen molar-refractivity contribution in [3.8, 4) is 5.75 Å². The van der Waals surface area contributed by atoms with Gasteiger partial charge in [-0.25, -0.2) is 9.37 Å². The Morgan fingerprint density at radius 2 is 2.22 bits per heavy atom. The molecule has 27 heavy (non-hydrogen) atoms. The fourth-order valence-electron chi connectivity index (χ4n) is 3.02. The molecule has 0 radical (unpaired) electrons. The predicted molar refractivity (Wildman–Crippen MR) is 98.6 cm³/mol. The third-order valence-electron chi connectivity index (χ3n) is 4.44. The van der Waals surface area contributed by atoms with Crippen molar-refractivity contribution in [2.24, 2.45) is 0 Å². The standard InChI is InChI=1S/C18H22FN3O4S/c19-5-6-26-14-3-1-13(2-4-14)7-22-8-16(23)18(25,11-22)10-20-17(24)15-9-27-12-21-15/h1-4,9,12,16,23,25H,5-8,10-11H2,(H,20,24)/t16-,18+/m1/s1. The Kier molecular flexibility index (Phi) is 6.38. The summed E-state index contributed by atoms with van der Waals surface area (Å²) in [4.78, 5) is 17.8. The highest BCUT2D eigenvalue weighted by Gasteiger charge is 2.44. The second kappa shape index (κ2) is 8.75. The maximum absolute atomic E-state index is 12.1. The van der Waals surface area contributed by atoms with E-state index in [-0.39, 0.29) is 25.6 Å². The molecule has 1 aliphatic heterocycles. The van der Waals surface area contributed by atoms with Crippen molar-refractivity contribution in [3.05, 3.63) is 46.4 Å². The number of aromatic nitrogens is 1. The van der Waals surface area contributed by atoms with Crippen LogP contribution in [-0.2, 0) is 6.54 Å². The fourth-order valence-corrected chi connectivity index (χ4v) is 3.55. The van der Waals surface area contributed by atoms with Gasteiger partial charge in [-0.1, -0.05) is 12.1 Å². The summed E-state index contributed by atoms with van der Waals surface area (Å²) in [6, 6.07) is 7.25. The summed E-state index contributed by atoms with van der Waals surface area (Å²) in [5.74, 6) is 0.221. The van der Waals surface area contributed by atoms with E-state index < -0.39 is 18.4 Å². The lowest BCUT2D eigenvalue weighted by molar-refractivity contribution is -0.0377. The number of nitrogens with zero attached hydrogens (tertiary/aromatic N) is 2. The number of alkyl halides is 1. The van der Waals surface area contributed by atoms with Crippen molar-refractivity contribution < 1.29 is 24.1 Å². The number of aliphatic hydroxyl groups is 2. The monoisotopic (exact) mass is 395 g/mol. The van der Waals surface area contributed by atoms with Gasteiger partial charge in [-0.15, -0.1) is 11.3 Å². The smallest absolute Gasteiger partial charge is 0.270 e. The van der Waals surface area contributed by atoms with E-state index in [1.165, 1.54) is 11.3 Å². The van der Waals surface area contributed by atoms with E-state index in [2.05, 4.69) is 10.3 Å². The summed E-state index contributed by atoms with van der Waals surface area (Å²) in [5.41, 5.74) is 1.41. The molecule has 9 heteroatoms. The molecule has 0 aliphatic carbocycles. The third kappa shape index (κ3) is 5.01. The summed E-state index contributed by atoms with van der Waals surface area (Å²) in [6.07, 6.45) is -0.972. The van der Waals surface area contributed by atoms with E-state index in [1.807, 2.05) is 17.0 Å². The van der Waals surface area contributed by atoms with E-state index in [4.69, 9.17) is 4.74 Å². The molecule has 3 N–H and O–H groups in total. The van der Waals surface area contributed by atoms with Crippen molar-refractivity contribution in [3.63, 3.8) is 0 Å². The molecule has 2 atom stereocenters. The summed E-state index contributed by atoms with van der Waals surface area (Å²) < 4.78 is 17.3. The number of hydrogen-bond acceptors (Lipinski definition) is 7. The zero-order valence-electron chi connectivity index (χ0n) is 14.7. The quantitative estimate of drug-likeness (QED) is 0.613. The van der Waals surface area contributed by atoms with Crippen molar-refractivity contribution in [1.82, 2.24) is 15.2 Å². The number of halogens is 1. The Morgan fingerprint density at radius 3 is 2.89 bits per heavy atom. The first-order chi connectivity index (χ1) is 13.0. The molecule has 1 aromatic carbocycles. The average molecular weight is 395 g/mol. The van der Waals surface area contributed by atoms with Gasteiger partial charge in [0.15, 0.2) is 0 Å². The van der Waals surface area contributed by atoms with Gasteiger partial charge < -0.3 is 20.3 Å². The number of carbonyl (C=O) groups excluding carboxylic acids is 1. The van der Waals surface area contributed by atoms with Crippen molar-refractivity contribution >= 4 is 17.2 Å². The Labute approximate surface area is 160 Å². The summed E-state index contributed by atoms with van der Waals surface area (Å²) >= 11 is 1.31. The van der Waals surface area contributed by atoms with Crippen LogP contribution in [-0.4, -0.2) is 70.6 Å². The highest BCUT2D eigenvalue weighted by atomic mass is 32.1. The second-order valence-corrected chi connectivity index (χ2v) is 7.25. The van der Waals surface area contributed by atoms with Crippen LogP contribution in [0.15, 0.2) is 35.2 Å². The van der Waals surface area contributed by atoms with Crippen LogP contribution in [0.1, 0.15) is 16.1 Å². The summed E-state index contributed by atoms with van der Waals surface area (Å²) in [7, 11) is 0. The van der Waals surface area contributed by atoms with Gasteiger partial charge in [0.1, 0.15) is 30.3 Å². The Hall–Kier alpha value is -2.07. The second-order valence-electron chi connectivity index (χ2n) is 6.53. The van der Waals surface area contributed by atoms with Gasteiger partial charge in [0.2, 0.25) is 0 Å². The molecule has 0 bridgehead atoms. The molecule has 0 unspecified atom stereocenters. The Balaban J connectivity index is 1.53. The van der Waals surface area contributed by atoms with E-state index in [0.717, 1.165) is 5.56 Å². The van der Waals surface area contributed by atoms with Crippen LogP contribution in [0.5, 0.6) is 5.75 Å². The first-order valence-electron chi connectivity index (χ1n) is 8.57. The van der Waals surface area contributed by atoms with Crippen molar-refractivity contribution in [1.29, 1.82) is 0 Å². The van der Waals surface area contributed by atoms with Crippen LogP contribution in [0, 0.1) is 0 Å². The fraction of sp³-hybridized carbons (Fsp3) is 0.444. The van der Waals surface area contributed by atoms with E-state index >= 15 is 0 Å². The minimum absolute atomic E-state index is 0.0251. The van der Waals surface area contributed by atoms with Crippen LogP contribution >= 0.6 is 11.3 Å². The molecular formula is C18H22FN3O4S. The number of likely N-dealkylation sites (tertiary alicyclic amines) is 1. The van der Waals surface area contributed by atoms with Gasteiger partial charge in [0.25, 0.3) is 5.91 Å². The molecule has 2 heterocycles. The first kappa shape index (κ1) is 19.7. The molecule has 0 saturated carbocycles. The van der Waals surface area contributed by atoms with Gasteiger partial charge in [-0.2, -0.15) is 0 Å². The molecule has 7 nitrogen and oxygen atoms in total. The van der Waals surface area contributed by atoms with Gasteiger partial charge in [-0.05, 0) is 17.7 Å². The number of hydrogen-bond donors (Lipinski definition) is 3. The summed E-state index contributed by atoms with van der Waals surface area (Å²) in [5, 5.41) is 25.2.